The van der Waals surface area contributed by atoms with E-state index in [1.54, 1.807) is 11.3 Å². The van der Waals surface area contributed by atoms with Crippen molar-refractivity contribution >= 4 is 11.3 Å². The number of nitrogens with one attached hydrogen (secondary N) is 1. The summed E-state index contributed by atoms with van der Waals surface area (Å²) in [6.45, 7) is 4.71. The molecule has 1 N–H and O–H groups in total. The van der Waals surface area contributed by atoms with E-state index in [1.165, 1.54) is 9.75 Å². The van der Waals surface area contributed by atoms with Crippen LogP contribution < -0.4 is 5.32 Å². The van der Waals surface area contributed by atoms with Crippen LogP contribution in [-0.4, -0.2) is 12.2 Å². The van der Waals surface area contributed by atoms with Crippen molar-refractivity contribution in [2.75, 3.05) is 0 Å². The predicted octanol–water partition coefficient (Wildman–Crippen LogP) is 4.27. The fourth-order valence-electron chi connectivity index (χ4n) is 1.57. The maximum Gasteiger partial charge on any atom is 0.389 e. The lowest BCUT2D eigenvalue weighted by molar-refractivity contribution is -0.135. The SMILES string of the molecule is Cc1ccc(CNC(C)CCCC(F)(F)F)s1. The van der Waals surface area contributed by atoms with Gasteiger partial charge in [0.1, 0.15) is 0 Å². The Labute approximate surface area is 104 Å². The van der Waals surface area contributed by atoms with Gasteiger partial charge in [-0.15, -0.1) is 11.3 Å². The van der Waals surface area contributed by atoms with Crippen LogP contribution in [0.5, 0.6) is 0 Å². The summed E-state index contributed by atoms with van der Waals surface area (Å²) in [5.74, 6) is 0. The first-order valence-corrected chi connectivity index (χ1v) is 6.54. The van der Waals surface area contributed by atoms with Crippen LogP contribution >= 0.6 is 11.3 Å². The summed E-state index contributed by atoms with van der Waals surface area (Å²) < 4.78 is 35.8. The normalized spacial score (nSPS) is 13.9. The van der Waals surface area contributed by atoms with Crippen LogP contribution in [0, 0.1) is 6.92 Å². The third-order valence-corrected chi connectivity index (χ3v) is 3.52. The van der Waals surface area contributed by atoms with Crippen LogP contribution in [0.2, 0.25) is 0 Å². The Morgan fingerprint density at radius 2 is 2.06 bits per heavy atom. The van der Waals surface area contributed by atoms with Crippen LogP contribution in [0.15, 0.2) is 12.1 Å². The first-order chi connectivity index (χ1) is 7.87. The van der Waals surface area contributed by atoms with Gasteiger partial charge in [0.15, 0.2) is 0 Å². The first kappa shape index (κ1) is 14.5. The summed E-state index contributed by atoms with van der Waals surface area (Å²) in [6.07, 6.45) is -3.95. The average Bonchev–Trinajstić information content (AvgIpc) is 2.59. The highest BCUT2D eigenvalue weighted by Gasteiger charge is 2.26. The zero-order valence-electron chi connectivity index (χ0n) is 10.1. The van der Waals surface area contributed by atoms with E-state index in [1.807, 2.05) is 13.8 Å². The molecule has 98 valence electrons. The van der Waals surface area contributed by atoms with Crippen LogP contribution in [0.25, 0.3) is 0 Å². The fourth-order valence-corrected chi connectivity index (χ4v) is 2.41. The summed E-state index contributed by atoms with van der Waals surface area (Å²) in [6, 6.07) is 4.23. The smallest absolute Gasteiger partial charge is 0.309 e. The van der Waals surface area contributed by atoms with Gasteiger partial charge in [0.25, 0.3) is 0 Å². The second-order valence-electron chi connectivity index (χ2n) is 4.30. The summed E-state index contributed by atoms with van der Waals surface area (Å²) in [5.41, 5.74) is 0. The van der Waals surface area contributed by atoms with E-state index >= 15 is 0 Å². The van der Waals surface area contributed by atoms with E-state index in [2.05, 4.69) is 17.4 Å². The third kappa shape index (κ3) is 6.68. The number of thiophene rings is 1. The number of hydrogen-bond acceptors (Lipinski definition) is 2. The molecular formula is C12H18F3NS. The molecule has 0 aliphatic heterocycles. The molecule has 0 bridgehead atoms. The summed E-state index contributed by atoms with van der Waals surface area (Å²) in [4.78, 5) is 2.48. The van der Waals surface area contributed by atoms with Crippen molar-refractivity contribution in [3.63, 3.8) is 0 Å². The molecule has 0 aliphatic carbocycles. The molecule has 1 rings (SSSR count). The molecule has 1 heterocycles. The van der Waals surface area contributed by atoms with E-state index in [4.69, 9.17) is 0 Å². The average molecular weight is 265 g/mol. The van der Waals surface area contributed by atoms with E-state index in [0.29, 0.717) is 6.42 Å². The Morgan fingerprint density at radius 1 is 1.35 bits per heavy atom. The molecule has 1 nitrogen and oxygen atoms in total. The van der Waals surface area contributed by atoms with Crippen LogP contribution in [0.4, 0.5) is 13.2 Å². The van der Waals surface area contributed by atoms with Gasteiger partial charge in [0, 0.05) is 28.8 Å². The van der Waals surface area contributed by atoms with Crippen LogP contribution in [0.1, 0.15) is 35.9 Å². The summed E-state index contributed by atoms with van der Waals surface area (Å²) in [5, 5.41) is 3.24. The molecule has 0 amide bonds. The lowest BCUT2D eigenvalue weighted by Crippen LogP contribution is -2.25. The van der Waals surface area contributed by atoms with Crippen molar-refractivity contribution in [3.8, 4) is 0 Å². The lowest BCUT2D eigenvalue weighted by Gasteiger charge is -2.13. The quantitative estimate of drug-likeness (QED) is 0.810. The van der Waals surface area contributed by atoms with Crippen molar-refractivity contribution in [1.29, 1.82) is 0 Å². The molecule has 0 aromatic carbocycles. The van der Waals surface area contributed by atoms with E-state index in [9.17, 15) is 13.2 Å². The third-order valence-electron chi connectivity index (χ3n) is 2.52. The fraction of sp³-hybridized carbons (Fsp3) is 0.667. The molecule has 1 unspecified atom stereocenters. The molecule has 0 saturated heterocycles. The minimum atomic E-state index is -4.02. The predicted molar refractivity (Wildman–Crippen MR) is 65.3 cm³/mol. The maximum atomic E-state index is 11.9. The lowest BCUT2D eigenvalue weighted by atomic mass is 10.1. The van der Waals surface area contributed by atoms with Gasteiger partial charge >= 0.3 is 6.18 Å². The second kappa shape index (κ2) is 6.40. The van der Waals surface area contributed by atoms with Gasteiger partial charge in [-0.05, 0) is 38.8 Å². The van der Waals surface area contributed by atoms with Gasteiger partial charge in [-0.1, -0.05) is 0 Å². The number of halogens is 3. The standard InChI is InChI=1S/C12H18F3NS/c1-9(4-3-7-12(13,14)15)16-8-11-6-5-10(2)17-11/h5-6,9,16H,3-4,7-8H2,1-2H3. The number of hydrogen-bond donors (Lipinski definition) is 1. The van der Waals surface area contributed by atoms with Gasteiger partial charge in [-0.25, -0.2) is 0 Å². The van der Waals surface area contributed by atoms with Crippen LogP contribution in [-0.2, 0) is 6.54 Å². The van der Waals surface area contributed by atoms with Gasteiger partial charge in [-0.2, -0.15) is 13.2 Å². The van der Waals surface area contributed by atoms with E-state index < -0.39 is 12.6 Å². The highest BCUT2D eigenvalue weighted by molar-refractivity contribution is 7.11. The minimum Gasteiger partial charge on any atom is -0.309 e. The molecule has 1 aromatic rings. The number of rotatable bonds is 6. The molecule has 0 spiro atoms. The molecule has 1 aromatic heterocycles. The maximum absolute atomic E-state index is 11.9. The first-order valence-electron chi connectivity index (χ1n) is 5.72. The van der Waals surface area contributed by atoms with Crippen molar-refractivity contribution in [1.82, 2.24) is 5.32 Å². The van der Waals surface area contributed by atoms with Gasteiger partial charge in [0.2, 0.25) is 0 Å². The number of alkyl halides is 3. The van der Waals surface area contributed by atoms with Crippen molar-refractivity contribution in [3.05, 3.63) is 21.9 Å². The second-order valence-corrected chi connectivity index (χ2v) is 5.67. The summed E-state index contributed by atoms with van der Waals surface area (Å²) in [7, 11) is 0. The van der Waals surface area contributed by atoms with E-state index in [0.717, 1.165) is 6.54 Å². The zero-order chi connectivity index (χ0) is 12.9. The van der Waals surface area contributed by atoms with Gasteiger partial charge in [-0.3, -0.25) is 0 Å². The molecular weight excluding hydrogens is 247 g/mol. The monoisotopic (exact) mass is 265 g/mol. The Kier molecular flexibility index (Phi) is 5.46. The highest BCUT2D eigenvalue weighted by Crippen LogP contribution is 2.22. The molecule has 5 heteroatoms. The van der Waals surface area contributed by atoms with E-state index in [-0.39, 0.29) is 12.5 Å². The Balaban J connectivity index is 2.15. The van der Waals surface area contributed by atoms with Gasteiger partial charge in [0.05, 0.1) is 0 Å². The zero-order valence-corrected chi connectivity index (χ0v) is 10.9. The van der Waals surface area contributed by atoms with Gasteiger partial charge < -0.3 is 5.32 Å². The van der Waals surface area contributed by atoms with Crippen molar-refractivity contribution in [2.45, 2.75) is 51.9 Å². The van der Waals surface area contributed by atoms with Crippen molar-refractivity contribution < 1.29 is 13.2 Å². The molecule has 0 saturated carbocycles. The minimum absolute atomic E-state index is 0.125. The highest BCUT2D eigenvalue weighted by atomic mass is 32.1. The molecule has 0 radical (unpaired) electrons. The Bertz CT molecular complexity index is 333. The Morgan fingerprint density at radius 3 is 2.59 bits per heavy atom. The molecule has 0 aliphatic rings. The topological polar surface area (TPSA) is 12.0 Å². The summed E-state index contributed by atoms with van der Waals surface area (Å²) >= 11 is 1.72. The molecule has 0 fully saturated rings. The largest absolute Gasteiger partial charge is 0.389 e. The Hall–Kier alpha value is -0.550. The van der Waals surface area contributed by atoms with Crippen LogP contribution in [0.3, 0.4) is 0 Å². The number of aryl methyl sites for hydroxylation is 1. The molecule has 1 atom stereocenters. The van der Waals surface area contributed by atoms with Crippen molar-refractivity contribution in [2.24, 2.45) is 0 Å². The molecule has 17 heavy (non-hydrogen) atoms.